The van der Waals surface area contributed by atoms with Crippen LogP contribution in [0.2, 0.25) is 5.22 Å². The van der Waals surface area contributed by atoms with Crippen LogP contribution in [0.1, 0.15) is 17.0 Å². The number of thioether (sulfide) groups is 1. The van der Waals surface area contributed by atoms with Gasteiger partial charge in [0.25, 0.3) is 5.91 Å². The van der Waals surface area contributed by atoms with Gasteiger partial charge >= 0.3 is 5.97 Å². The SMILES string of the molecule is O=C(N[C@@]1(C(=O)O)CCSC1)c1ccc(Cl)o1. The highest BCUT2D eigenvalue weighted by atomic mass is 35.5. The van der Waals surface area contributed by atoms with E-state index in [1.54, 1.807) is 0 Å². The standard InChI is InChI=1S/C10H10ClNO4S/c11-7-2-1-6(16-7)8(13)12-10(9(14)15)3-4-17-5-10/h1-2H,3-5H2,(H,12,13)(H,14,15)/t10-/m0/s1. The molecule has 0 radical (unpaired) electrons. The Bertz CT molecular complexity index is 453. The zero-order valence-electron chi connectivity index (χ0n) is 8.73. The number of furan rings is 1. The van der Waals surface area contributed by atoms with Crippen molar-refractivity contribution >= 4 is 35.2 Å². The predicted octanol–water partition coefficient (Wildman–Crippen LogP) is 1.62. The molecule has 2 rings (SSSR count). The highest BCUT2D eigenvalue weighted by Crippen LogP contribution is 2.28. The average Bonchev–Trinajstić information content (AvgIpc) is 2.87. The Morgan fingerprint density at radius 2 is 2.29 bits per heavy atom. The summed E-state index contributed by atoms with van der Waals surface area (Å²) in [6.07, 6.45) is 0.410. The number of aliphatic carboxylic acids is 1. The van der Waals surface area contributed by atoms with Crippen LogP contribution in [0, 0.1) is 0 Å². The van der Waals surface area contributed by atoms with E-state index in [0.29, 0.717) is 17.9 Å². The number of hydrogen-bond donors (Lipinski definition) is 2. The lowest BCUT2D eigenvalue weighted by Gasteiger charge is -2.23. The summed E-state index contributed by atoms with van der Waals surface area (Å²) >= 11 is 7.05. The van der Waals surface area contributed by atoms with Gasteiger partial charge in [0.15, 0.2) is 11.0 Å². The van der Waals surface area contributed by atoms with Crippen molar-refractivity contribution in [3.63, 3.8) is 0 Å². The van der Waals surface area contributed by atoms with E-state index in [1.165, 1.54) is 23.9 Å². The van der Waals surface area contributed by atoms with E-state index in [9.17, 15) is 14.7 Å². The second-order valence-corrected chi connectivity index (χ2v) is 5.23. The van der Waals surface area contributed by atoms with Gasteiger partial charge in [0.05, 0.1) is 0 Å². The van der Waals surface area contributed by atoms with Gasteiger partial charge < -0.3 is 14.8 Å². The van der Waals surface area contributed by atoms with Gasteiger partial charge in [-0.2, -0.15) is 11.8 Å². The van der Waals surface area contributed by atoms with Gasteiger partial charge in [0.2, 0.25) is 0 Å². The largest absolute Gasteiger partial charge is 0.479 e. The minimum absolute atomic E-state index is 0.0209. The number of carboxylic acid groups (broad SMARTS) is 1. The van der Waals surface area contributed by atoms with Crippen molar-refractivity contribution in [3.05, 3.63) is 23.1 Å². The Labute approximate surface area is 107 Å². The van der Waals surface area contributed by atoms with E-state index in [-0.39, 0.29) is 11.0 Å². The van der Waals surface area contributed by atoms with Gasteiger partial charge in [-0.3, -0.25) is 4.79 Å². The molecule has 0 unspecified atom stereocenters. The van der Waals surface area contributed by atoms with Gasteiger partial charge in [0.1, 0.15) is 5.54 Å². The number of carbonyl (C=O) groups is 2. The molecule has 17 heavy (non-hydrogen) atoms. The predicted molar refractivity (Wildman–Crippen MR) is 63.5 cm³/mol. The summed E-state index contributed by atoms with van der Waals surface area (Å²) in [5.74, 6) is -0.476. The van der Waals surface area contributed by atoms with Crippen LogP contribution in [0.3, 0.4) is 0 Å². The minimum Gasteiger partial charge on any atom is -0.479 e. The zero-order chi connectivity index (χ0) is 12.5. The lowest BCUT2D eigenvalue weighted by Crippen LogP contribution is -2.54. The maximum absolute atomic E-state index is 11.8. The quantitative estimate of drug-likeness (QED) is 0.876. The first-order valence-corrected chi connectivity index (χ1v) is 6.46. The molecule has 0 aliphatic carbocycles. The van der Waals surface area contributed by atoms with E-state index in [4.69, 9.17) is 16.0 Å². The number of amides is 1. The molecule has 2 N–H and O–H groups in total. The molecule has 92 valence electrons. The number of carbonyl (C=O) groups excluding carboxylic acids is 1. The van der Waals surface area contributed by atoms with Crippen LogP contribution in [-0.2, 0) is 4.79 Å². The molecule has 1 aliphatic rings. The maximum Gasteiger partial charge on any atom is 0.330 e. The summed E-state index contributed by atoms with van der Waals surface area (Å²) in [5.41, 5.74) is -1.19. The van der Waals surface area contributed by atoms with Gasteiger partial charge in [0, 0.05) is 5.75 Å². The van der Waals surface area contributed by atoms with Crippen molar-refractivity contribution in [1.82, 2.24) is 5.32 Å². The van der Waals surface area contributed by atoms with Crippen molar-refractivity contribution < 1.29 is 19.1 Å². The molecule has 0 saturated carbocycles. The molecular formula is C10H10ClNO4S. The highest BCUT2D eigenvalue weighted by Gasteiger charge is 2.43. The zero-order valence-corrected chi connectivity index (χ0v) is 10.3. The molecule has 0 spiro atoms. The molecule has 2 heterocycles. The van der Waals surface area contributed by atoms with Crippen LogP contribution in [-0.4, -0.2) is 34.0 Å². The minimum atomic E-state index is -1.19. The first-order valence-electron chi connectivity index (χ1n) is 4.92. The lowest BCUT2D eigenvalue weighted by molar-refractivity contribution is -0.143. The second-order valence-electron chi connectivity index (χ2n) is 3.75. The third kappa shape index (κ3) is 2.42. The Kier molecular flexibility index (Phi) is 3.35. The van der Waals surface area contributed by atoms with Crippen molar-refractivity contribution in [1.29, 1.82) is 0 Å². The van der Waals surface area contributed by atoms with E-state index in [0.717, 1.165) is 0 Å². The molecule has 1 aliphatic heterocycles. The van der Waals surface area contributed by atoms with Gasteiger partial charge in [-0.25, -0.2) is 4.79 Å². The summed E-state index contributed by atoms with van der Waals surface area (Å²) in [7, 11) is 0. The molecule has 1 fully saturated rings. The molecule has 5 nitrogen and oxygen atoms in total. The van der Waals surface area contributed by atoms with E-state index >= 15 is 0 Å². The van der Waals surface area contributed by atoms with Crippen LogP contribution < -0.4 is 5.32 Å². The summed E-state index contributed by atoms with van der Waals surface area (Å²) in [6.45, 7) is 0. The molecular weight excluding hydrogens is 266 g/mol. The molecule has 7 heteroatoms. The first kappa shape index (κ1) is 12.3. The fraction of sp³-hybridized carbons (Fsp3) is 0.400. The fourth-order valence-corrected chi connectivity index (χ4v) is 3.07. The van der Waals surface area contributed by atoms with E-state index in [1.807, 2.05) is 0 Å². The molecule has 1 aromatic rings. The average molecular weight is 276 g/mol. The molecule has 1 amide bonds. The summed E-state index contributed by atoms with van der Waals surface area (Å²) < 4.78 is 4.93. The van der Waals surface area contributed by atoms with Crippen molar-refractivity contribution in [3.8, 4) is 0 Å². The van der Waals surface area contributed by atoms with Crippen LogP contribution >= 0.6 is 23.4 Å². The Morgan fingerprint density at radius 3 is 2.76 bits per heavy atom. The van der Waals surface area contributed by atoms with Crippen molar-refractivity contribution in [2.24, 2.45) is 0 Å². The smallest absolute Gasteiger partial charge is 0.330 e. The maximum atomic E-state index is 11.8. The summed E-state index contributed by atoms with van der Waals surface area (Å²) in [6, 6.07) is 2.85. The molecule has 0 bridgehead atoms. The van der Waals surface area contributed by atoms with Crippen LogP contribution in [0.25, 0.3) is 0 Å². The first-order chi connectivity index (χ1) is 8.03. The molecule has 1 saturated heterocycles. The Hall–Kier alpha value is -1.14. The molecule has 0 aromatic carbocycles. The topological polar surface area (TPSA) is 79.5 Å². The fourth-order valence-electron chi connectivity index (χ4n) is 1.60. The second kappa shape index (κ2) is 4.62. The van der Waals surface area contributed by atoms with Crippen molar-refractivity contribution in [2.75, 3.05) is 11.5 Å². The van der Waals surface area contributed by atoms with Crippen LogP contribution in [0.5, 0.6) is 0 Å². The van der Waals surface area contributed by atoms with Crippen LogP contribution in [0.4, 0.5) is 0 Å². The number of halogens is 1. The van der Waals surface area contributed by atoms with Gasteiger partial charge in [-0.15, -0.1) is 0 Å². The van der Waals surface area contributed by atoms with Gasteiger partial charge in [-0.05, 0) is 35.9 Å². The number of nitrogens with one attached hydrogen (secondary N) is 1. The molecule has 1 atom stereocenters. The normalized spacial score (nSPS) is 23.6. The summed E-state index contributed by atoms with van der Waals surface area (Å²) in [5, 5.41) is 11.8. The Balaban J connectivity index is 2.14. The monoisotopic (exact) mass is 275 g/mol. The highest BCUT2D eigenvalue weighted by molar-refractivity contribution is 7.99. The van der Waals surface area contributed by atoms with E-state index < -0.39 is 17.4 Å². The third-order valence-electron chi connectivity index (χ3n) is 2.58. The van der Waals surface area contributed by atoms with Crippen LogP contribution in [0.15, 0.2) is 16.5 Å². The third-order valence-corrected chi connectivity index (χ3v) is 3.97. The number of carboxylic acids is 1. The number of hydrogen-bond acceptors (Lipinski definition) is 4. The lowest BCUT2D eigenvalue weighted by atomic mass is 9.99. The summed E-state index contributed by atoms with van der Waals surface area (Å²) in [4.78, 5) is 23.0. The molecule has 1 aromatic heterocycles. The Morgan fingerprint density at radius 1 is 1.53 bits per heavy atom. The van der Waals surface area contributed by atoms with Gasteiger partial charge in [-0.1, -0.05) is 0 Å². The number of rotatable bonds is 3. The van der Waals surface area contributed by atoms with Crippen molar-refractivity contribution in [2.45, 2.75) is 12.0 Å². The van der Waals surface area contributed by atoms with E-state index in [2.05, 4.69) is 5.32 Å².